The van der Waals surface area contributed by atoms with Gasteiger partial charge in [0, 0.05) is 30.6 Å². The zero-order valence-corrected chi connectivity index (χ0v) is 14.6. The maximum absolute atomic E-state index is 12.9. The summed E-state index contributed by atoms with van der Waals surface area (Å²) in [4.78, 5) is 25.5. The fourth-order valence-electron chi connectivity index (χ4n) is 2.31. The fourth-order valence-corrected chi connectivity index (χ4v) is 2.47. The van der Waals surface area contributed by atoms with Crippen LogP contribution in [0.2, 0.25) is 5.02 Å². The van der Waals surface area contributed by atoms with Gasteiger partial charge in [0.1, 0.15) is 11.6 Å². The van der Waals surface area contributed by atoms with Gasteiger partial charge in [0.25, 0.3) is 5.91 Å². The highest BCUT2D eigenvalue weighted by Gasteiger charge is 2.17. The van der Waals surface area contributed by atoms with Crippen molar-refractivity contribution < 1.29 is 18.7 Å². The third-order valence-corrected chi connectivity index (χ3v) is 3.77. The highest BCUT2D eigenvalue weighted by Crippen LogP contribution is 2.31. The van der Waals surface area contributed by atoms with E-state index < -0.39 is 5.82 Å². The molecule has 0 aliphatic heterocycles. The number of nitrogens with one attached hydrogen (secondary N) is 1. The summed E-state index contributed by atoms with van der Waals surface area (Å²) in [5, 5.41) is 3.17. The van der Waals surface area contributed by atoms with Gasteiger partial charge < -0.3 is 15.0 Å². The number of halogens is 2. The van der Waals surface area contributed by atoms with Gasteiger partial charge in [-0.15, -0.1) is 0 Å². The Balaban J connectivity index is 2.05. The number of nitrogens with zero attached hydrogens (tertiary/aromatic N) is 1. The van der Waals surface area contributed by atoms with E-state index in [4.69, 9.17) is 16.3 Å². The van der Waals surface area contributed by atoms with Crippen LogP contribution >= 0.6 is 11.6 Å². The van der Waals surface area contributed by atoms with E-state index in [2.05, 4.69) is 5.32 Å². The summed E-state index contributed by atoms with van der Waals surface area (Å²) >= 11 is 6.01. The van der Waals surface area contributed by atoms with Crippen LogP contribution in [0.4, 0.5) is 10.1 Å². The number of benzene rings is 2. The van der Waals surface area contributed by atoms with E-state index in [9.17, 15) is 14.0 Å². The summed E-state index contributed by atoms with van der Waals surface area (Å²) < 4.78 is 18.2. The molecule has 0 aliphatic carbocycles. The first-order valence-corrected chi connectivity index (χ1v) is 7.95. The van der Waals surface area contributed by atoms with Gasteiger partial charge in [-0.25, -0.2) is 4.39 Å². The number of carbonyl (C=O) groups excluding carboxylic acids is 2. The summed E-state index contributed by atoms with van der Waals surface area (Å²) in [5.74, 6) is -0.463. The maximum Gasteiger partial charge on any atom is 0.251 e. The summed E-state index contributed by atoms with van der Waals surface area (Å²) in [7, 11) is 1.50. The predicted octanol–water partition coefficient (Wildman–Crippen LogP) is 3.27. The molecule has 0 unspecified atom stereocenters. The molecule has 5 nitrogen and oxygen atoms in total. The summed E-state index contributed by atoms with van der Waals surface area (Å²) in [6, 6.07) is 10.2. The summed E-state index contributed by atoms with van der Waals surface area (Å²) in [6.07, 6.45) is 0. The lowest BCUT2D eigenvalue weighted by atomic mass is 10.2. The van der Waals surface area contributed by atoms with E-state index >= 15 is 0 Å². The average molecular weight is 365 g/mol. The molecule has 0 atom stereocenters. The van der Waals surface area contributed by atoms with E-state index in [1.807, 2.05) is 0 Å². The lowest BCUT2D eigenvalue weighted by Crippen LogP contribution is -2.37. The Morgan fingerprint density at radius 2 is 1.88 bits per heavy atom. The lowest BCUT2D eigenvalue weighted by molar-refractivity contribution is -0.116. The number of methoxy groups -OCH3 is 1. The predicted molar refractivity (Wildman–Crippen MR) is 94.8 cm³/mol. The van der Waals surface area contributed by atoms with Crippen LogP contribution in [0.5, 0.6) is 5.75 Å². The van der Waals surface area contributed by atoms with E-state index in [1.165, 1.54) is 43.2 Å². The number of hydrogen-bond donors (Lipinski definition) is 1. The largest absolute Gasteiger partial charge is 0.495 e. The van der Waals surface area contributed by atoms with Gasteiger partial charge in [-0.2, -0.15) is 0 Å². The number of rotatable bonds is 6. The van der Waals surface area contributed by atoms with E-state index in [0.29, 0.717) is 22.0 Å². The van der Waals surface area contributed by atoms with Gasteiger partial charge in [-0.1, -0.05) is 11.6 Å². The zero-order chi connectivity index (χ0) is 18.4. The second-order valence-electron chi connectivity index (χ2n) is 5.25. The number of ether oxygens (including phenoxy) is 1. The van der Waals surface area contributed by atoms with Crippen LogP contribution < -0.4 is 15.0 Å². The monoisotopic (exact) mass is 364 g/mol. The molecule has 2 aromatic carbocycles. The molecular weight excluding hydrogens is 347 g/mol. The van der Waals surface area contributed by atoms with Crippen molar-refractivity contribution in [2.24, 2.45) is 0 Å². The Labute approximate surface area is 150 Å². The van der Waals surface area contributed by atoms with Crippen molar-refractivity contribution in [1.29, 1.82) is 0 Å². The molecule has 7 heteroatoms. The molecule has 0 aliphatic rings. The summed E-state index contributed by atoms with van der Waals surface area (Å²) in [6.45, 7) is 1.87. The minimum Gasteiger partial charge on any atom is -0.495 e. The maximum atomic E-state index is 12.9. The molecule has 25 heavy (non-hydrogen) atoms. The van der Waals surface area contributed by atoms with Gasteiger partial charge in [-0.3, -0.25) is 9.59 Å². The first-order valence-electron chi connectivity index (χ1n) is 7.57. The van der Waals surface area contributed by atoms with Crippen LogP contribution in [0.25, 0.3) is 0 Å². The van der Waals surface area contributed by atoms with E-state index in [0.717, 1.165) is 0 Å². The Bertz CT molecular complexity index is 765. The quantitative estimate of drug-likeness (QED) is 0.855. The number of amides is 2. The van der Waals surface area contributed by atoms with Crippen molar-refractivity contribution in [3.63, 3.8) is 0 Å². The van der Waals surface area contributed by atoms with Crippen LogP contribution in [-0.2, 0) is 4.79 Å². The van der Waals surface area contributed by atoms with Crippen LogP contribution in [0.3, 0.4) is 0 Å². The molecule has 1 N–H and O–H groups in total. The number of carbonyl (C=O) groups is 2. The molecule has 0 bridgehead atoms. The topological polar surface area (TPSA) is 58.6 Å². The third kappa shape index (κ3) is 4.93. The molecule has 0 fully saturated rings. The van der Waals surface area contributed by atoms with Crippen molar-refractivity contribution in [2.45, 2.75) is 6.92 Å². The van der Waals surface area contributed by atoms with Crippen molar-refractivity contribution in [1.82, 2.24) is 5.32 Å². The number of anilines is 1. The molecule has 2 amide bonds. The van der Waals surface area contributed by atoms with Gasteiger partial charge in [-0.05, 0) is 42.5 Å². The molecule has 0 heterocycles. The molecule has 2 rings (SSSR count). The molecule has 0 aromatic heterocycles. The molecule has 132 valence electrons. The Kier molecular flexibility index (Phi) is 6.36. The second kappa shape index (κ2) is 8.48. The van der Waals surface area contributed by atoms with Crippen LogP contribution in [0.15, 0.2) is 42.5 Å². The highest BCUT2D eigenvalue weighted by atomic mass is 35.5. The highest BCUT2D eigenvalue weighted by molar-refractivity contribution is 6.31. The van der Waals surface area contributed by atoms with Gasteiger partial charge >= 0.3 is 0 Å². The van der Waals surface area contributed by atoms with Crippen molar-refractivity contribution in [3.8, 4) is 5.75 Å². The van der Waals surface area contributed by atoms with Crippen LogP contribution in [-0.4, -0.2) is 32.0 Å². The Morgan fingerprint density at radius 3 is 2.48 bits per heavy atom. The van der Waals surface area contributed by atoms with Gasteiger partial charge in [0.15, 0.2) is 0 Å². The third-order valence-electron chi connectivity index (χ3n) is 3.54. The number of hydrogen-bond acceptors (Lipinski definition) is 3. The first-order chi connectivity index (χ1) is 11.9. The molecule has 0 spiro atoms. The van der Waals surface area contributed by atoms with Crippen molar-refractivity contribution >= 4 is 29.1 Å². The molecule has 0 radical (unpaired) electrons. The molecule has 0 saturated carbocycles. The standard InChI is InChI=1S/C18H18ClFN2O3/c1-12(23)22(16-11-14(19)5-8-17(16)25-2)10-9-21-18(24)13-3-6-15(20)7-4-13/h3-8,11H,9-10H2,1-2H3,(H,21,24). The molecule has 0 saturated heterocycles. The van der Waals surface area contributed by atoms with Gasteiger partial charge in [0.05, 0.1) is 12.8 Å². The Hall–Kier alpha value is -2.60. The van der Waals surface area contributed by atoms with Gasteiger partial charge in [0.2, 0.25) is 5.91 Å². The zero-order valence-electron chi connectivity index (χ0n) is 13.9. The Morgan fingerprint density at radius 1 is 1.20 bits per heavy atom. The minimum absolute atomic E-state index is 0.211. The molecular formula is C18H18ClFN2O3. The van der Waals surface area contributed by atoms with Crippen molar-refractivity contribution in [3.05, 3.63) is 58.9 Å². The lowest BCUT2D eigenvalue weighted by Gasteiger charge is -2.23. The normalized spacial score (nSPS) is 10.2. The minimum atomic E-state index is -0.410. The SMILES string of the molecule is COc1ccc(Cl)cc1N(CCNC(=O)c1ccc(F)cc1)C(C)=O. The van der Waals surface area contributed by atoms with Crippen molar-refractivity contribution in [2.75, 3.05) is 25.1 Å². The fraction of sp³-hybridized carbons (Fsp3) is 0.222. The summed E-state index contributed by atoms with van der Waals surface area (Å²) in [5.41, 5.74) is 0.870. The average Bonchev–Trinajstić information content (AvgIpc) is 2.58. The molecule has 2 aromatic rings. The smallest absolute Gasteiger partial charge is 0.251 e. The van der Waals surface area contributed by atoms with Crippen LogP contribution in [0, 0.1) is 5.82 Å². The first kappa shape index (κ1) is 18.7. The van der Waals surface area contributed by atoms with E-state index in [1.54, 1.807) is 18.2 Å². The second-order valence-corrected chi connectivity index (χ2v) is 5.69. The van der Waals surface area contributed by atoms with Crippen LogP contribution in [0.1, 0.15) is 17.3 Å². The van der Waals surface area contributed by atoms with E-state index in [-0.39, 0.29) is 24.9 Å².